The lowest BCUT2D eigenvalue weighted by atomic mass is 9.86. The van der Waals surface area contributed by atoms with Crippen LogP contribution in [0, 0.1) is 5.41 Å². The van der Waals surface area contributed by atoms with E-state index in [9.17, 15) is 9.90 Å². The van der Waals surface area contributed by atoms with E-state index in [1.807, 2.05) is 0 Å². The molecule has 1 saturated heterocycles. The Kier molecular flexibility index (Phi) is 3.80. The Bertz CT molecular complexity index is 470. The van der Waals surface area contributed by atoms with Crippen LogP contribution in [0.1, 0.15) is 0 Å². The maximum absolute atomic E-state index is 11.2. The summed E-state index contributed by atoms with van der Waals surface area (Å²) >= 11 is 0. The van der Waals surface area contributed by atoms with Gasteiger partial charge in [-0.25, -0.2) is 0 Å². The van der Waals surface area contributed by atoms with E-state index < -0.39 is 11.4 Å². The highest BCUT2D eigenvalue weighted by molar-refractivity contribution is 5.77. The van der Waals surface area contributed by atoms with Crippen molar-refractivity contribution in [2.45, 2.75) is 0 Å². The summed E-state index contributed by atoms with van der Waals surface area (Å²) in [6.07, 6.45) is 0. The Hall–Kier alpha value is -1.95. The first-order chi connectivity index (χ1) is 9.11. The smallest absolute Gasteiger partial charge is 0.316 e. The van der Waals surface area contributed by atoms with E-state index in [1.165, 1.54) is 0 Å². The van der Waals surface area contributed by atoms with Gasteiger partial charge in [-0.05, 0) is 12.1 Å². The van der Waals surface area contributed by atoms with E-state index in [4.69, 9.17) is 14.2 Å². The third kappa shape index (κ3) is 2.58. The first kappa shape index (κ1) is 13.5. The number of ether oxygens (including phenoxy) is 3. The molecule has 0 atom stereocenters. The number of rotatable bonds is 6. The molecule has 1 aliphatic rings. The lowest BCUT2D eigenvalue weighted by molar-refractivity contribution is -0.176. The Labute approximate surface area is 111 Å². The van der Waals surface area contributed by atoms with Crippen molar-refractivity contribution in [3.63, 3.8) is 0 Å². The van der Waals surface area contributed by atoms with Crippen LogP contribution < -0.4 is 14.8 Å². The minimum absolute atomic E-state index is 0.224. The highest BCUT2D eigenvalue weighted by Crippen LogP contribution is 2.32. The summed E-state index contributed by atoms with van der Waals surface area (Å²) in [6.45, 7) is 0.731. The SMILES string of the molecule is COc1ccc(OC)c(NCC2(C(=O)O)COC2)c1. The minimum atomic E-state index is -0.854. The van der Waals surface area contributed by atoms with E-state index in [2.05, 4.69) is 5.32 Å². The van der Waals surface area contributed by atoms with Gasteiger partial charge in [-0.1, -0.05) is 0 Å². The fourth-order valence-corrected chi connectivity index (χ4v) is 1.87. The van der Waals surface area contributed by atoms with Crippen molar-refractivity contribution >= 4 is 11.7 Å². The fourth-order valence-electron chi connectivity index (χ4n) is 1.87. The van der Waals surface area contributed by atoms with E-state index in [0.29, 0.717) is 17.2 Å². The molecule has 0 aromatic heterocycles. The Balaban J connectivity index is 2.12. The number of carboxylic acids is 1. The molecule has 0 unspecified atom stereocenters. The maximum Gasteiger partial charge on any atom is 0.316 e. The van der Waals surface area contributed by atoms with Crippen molar-refractivity contribution in [3.8, 4) is 11.5 Å². The number of hydrogen-bond acceptors (Lipinski definition) is 5. The van der Waals surface area contributed by atoms with Crippen molar-refractivity contribution in [1.29, 1.82) is 0 Å². The van der Waals surface area contributed by atoms with Crippen LogP contribution in [0.25, 0.3) is 0 Å². The molecule has 1 aromatic rings. The number of aliphatic carboxylic acids is 1. The second-order valence-corrected chi connectivity index (χ2v) is 4.50. The van der Waals surface area contributed by atoms with Crippen molar-refractivity contribution in [3.05, 3.63) is 18.2 Å². The lowest BCUT2D eigenvalue weighted by Crippen LogP contribution is -2.53. The second kappa shape index (κ2) is 5.36. The third-order valence-corrected chi connectivity index (χ3v) is 3.23. The van der Waals surface area contributed by atoms with Crippen LogP contribution in [-0.2, 0) is 9.53 Å². The van der Waals surface area contributed by atoms with Gasteiger partial charge in [0.1, 0.15) is 16.9 Å². The first-order valence-electron chi connectivity index (χ1n) is 5.88. The molecule has 0 aliphatic carbocycles. The third-order valence-electron chi connectivity index (χ3n) is 3.23. The number of methoxy groups -OCH3 is 2. The molecule has 0 bridgehead atoms. The van der Waals surface area contributed by atoms with E-state index >= 15 is 0 Å². The predicted molar refractivity (Wildman–Crippen MR) is 68.9 cm³/mol. The summed E-state index contributed by atoms with van der Waals surface area (Å²) in [5.41, 5.74) is -0.150. The van der Waals surface area contributed by atoms with Crippen molar-refractivity contribution in [2.24, 2.45) is 5.41 Å². The summed E-state index contributed by atoms with van der Waals surface area (Å²) in [5, 5.41) is 12.3. The molecule has 1 fully saturated rings. The summed E-state index contributed by atoms with van der Waals surface area (Å²) in [4.78, 5) is 11.2. The van der Waals surface area contributed by atoms with Gasteiger partial charge in [-0.3, -0.25) is 4.79 Å². The van der Waals surface area contributed by atoms with E-state index in [0.717, 1.165) is 0 Å². The number of carbonyl (C=O) groups is 1. The Morgan fingerprint density at radius 3 is 2.63 bits per heavy atom. The molecule has 0 saturated carbocycles. The average Bonchev–Trinajstić information content (AvgIpc) is 2.36. The molecule has 1 aliphatic heterocycles. The highest BCUT2D eigenvalue weighted by atomic mass is 16.5. The molecule has 6 nitrogen and oxygen atoms in total. The molecule has 19 heavy (non-hydrogen) atoms. The van der Waals surface area contributed by atoms with Gasteiger partial charge in [0.05, 0.1) is 33.1 Å². The first-order valence-corrected chi connectivity index (χ1v) is 5.88. The quantitative estimate of drug-likeness (QED) is 0.807. The molecular weight excluding hydrogens is 250 g/mol. The van der Waals surface area contributed by atoms with Gasteiger partial charge in [-0.15, -0.1) is 0 Å². The second-order valence-electron chi connectivity index (χ2n) is 4.50. The summed E-state index contributed by atoms with van der Waals surface area (Å²) in [6, 6.07) is 5.32. The maximum atomic E-state index is 11.2. The van der Waals surface area contributed by atoms with Crippen LogP contribution >= 0.6 is 0 Å². The predicted octanol–water partition coefficient (Wildman–Crippen LogP) is 1.22. The van der Waals surface area contributed by atoms with E-state index in [1.54, 1.807) is 32.4 Å². The molecule has 0 amide bonds. The molecule has 104 valence electrons. The van der Waals surface area contributed by atoms with Crippen molar-refractivity contribution < 1.29 is 24.1 Å². The van der Waals surface area contributed by atoms with Crippen LogP contribution in [-0.4, -0.2) is 45.1 Å². The number of nitrogens with one attached hydrogen (secondary N) is 1. The van der Waals surface area contributed by atoms with Gasteiger partial charge in [0, 0.05) is 12.6 Å². The van der Waals surface area contributed by atoms with Gasteiger partial charge < -0.3 is 24.6 Å². The average molecular weight is 267 g/mol. The lowest BCUT2D eigenvalue weighted by Gasteiger charge is -2.37. The van der Waals surface area contributed by atoms with Crippen molar-refractivity contribution in [1.82, 2.24) is 0 Å². The van der Waals surface area contributed by atoms with Gasteiger partial charge in [0.2, 0.25) is 0 Å². The molecule has 6 heteroatoms. The molecule has 1 aromatic carbocycles. The highest BCUT2D eigenvalue weighted by Gasteiger charge is 2.46. The van der Waals surface area contributed by atoms with Gasteiger partial charge >= 0.3 is 5.97 Å². The Morgan fingerprint density at radius 1 is 1.42 bits per heavy atom. The van der Waals surface area contributed by atoms with Crippen LogP contribution in [0.2, 0.25) is 0 Å². The zero-order valence-electron chi connectivity index (χ0n) is 10.9. The number of hydrogen-bond donors (Lipinski definition) is 2. The monoisotopic (exact) mass is 267 g/mol. The van der Waals surface area contributed by atoms with Crippen LogP contribution in [0.5, 0.6) is 11.5 Å². The summed E-state index contributed by atoms with van der Waals surface area (Å²) < 4.78 is 15.4. The van der Waals surface area contributed by atoms with Crippen LogP contribution in [0.15, 0.2) is 18.2 Å². The Morgan fingerprint density at radius 2 is 2.16 bits per heavy atom. The molecule has 2 rings (SSSR count). The van der Waals surface area contributed by atoms with Gasteiger partial charge in [0.25, 0.3) is 0 Å². The number of anilines is 1. The molecule has 2 N–H and O–H groups in total. The van der Waals surface area contributed by atoms with E-state index in [-0.39, 0.29) is 19.8 Å². The molecule has 1 heterocycles. The summed E-state index contributed by atoms with van der Waals surface area (Å²) in [7, 11) is 3.14. The number of carboxylic acid groups (broad SMARTS) is 1. The summed E-state index contributed by atoms with van der Waals surface area (Å²) in [5.74, 6) is 0.465. The standard InChI is InChI=1S/C13H17NO5/c1-17-9-3-4-11(18-2)10(5-9)14-6-13(12(15)16)7-19-8-13/h3-5,14H,6-8H2,1-2H3,(H,15,16). The molecule has 0 radical (unpaired) electrons. The molecular formula is C13H17NO5. The fraction of sp³-hybridized carbons (Fsp3) is 0.462. The van der Waals surface area contributed by atoms with Crippen LogP contribution in [0.4, 0.5) is 5.69 Å². The van der Waals surface area contributed by atoms with Crippen LogP contribution in [0.3, 0.4) is 0 Å². The topological polar surface area (TPSA) is 77.0 Å². The largest absolute Gasteiger partial charge is 0.497 e. The van der Waals surface area contributed by atoms with Gasteiger partial charge in [0.15, 0.2) is 0 Å². The normalized spacial score (nSPS) is 16.3. The minimum Gasteiger partial charge on any atom is -0.497 e. The van der Waals surface area contributed by atoms with Gasteiger partial charge in [-0.2, -0.15) is 0 Å². The number of benzene rings is 1. The zero-order valence-corrected chi connectivity index (χ0v) is 10.9. The molecule has 0 spiro atoms. The zero-order chi connectivity index (χ0) is 13.9. The van der Waals surface area contributed by atoms with Crippen molar-refractivity contribution in [2.75, 3.05) is 39.3 Å².